The summed E-state index contributed by atoms with van der Waals surface area (Å²) in [7, 11) is 0. The van der Waals surface area contributed by atoms with Crippen LogP contribution in [0.15, 0.2) is 23.0 Å². The lowest BCUT2D eigenvalue weighted by atomic mass is 10.2. The summed E-state index contributed by atoms with van der Waals surface area (Å²) >= 11 is 1.71. The molecule has 1 saturated carbocycles. The van der Waals surface area contributed by atoms with Crippen molar-refractivity contribution in [3.8, 4) is 0 Å². The largest absolute Gasteiger partial charge is 0.368 e. The molecule has 1 fully saturated rings. The third kappa shape index (κ3) is 2.00. The minimum Gasteiger partial charge on any atom is -0.368 e. The first-order chi connectivity index (χ1) is 9.81. The van der Waals surface area contributed by atoms with E-state index < -0.39 is 0 Å². The highest BCUT2D eigenvalue weighted by atomic mass is 32.1. The predicted molar refractivity (Wildman–Crippen MR) is 79.6 cm³/mol. The SMILES string of the molecule is Nc1nc(N(Cc2ccsc2)C2CC2)c2cn[nH]c2n1. The highest BCUT2D eigenvalue weighted by Crippen LogP contribution is 2.35. The molecule has 7 heteroatoms. The lowest BCUT2D eigenvalue weighted by molar-refractivity contribution is 0.784. The number of nitrogen functional groups attached to an aromatic ring is 1. The van der Waals surface area contributed by atoms with E-state index in [0.29, 0.717) is 11.7 Å². The van der Waals surface area contributed by atoms with Gasteiger partial charge in [0.2, 0.25) is 5.95 Å². The summed E-state index contributed by atoms with van der Waals surface area (Å²) in [6.07, 6.45) is 4.17. The summed E-state index contributed by atoms with van der Waals surface area (Å²) in [5, 5.41) is 12.1. The Morgan fingerprint density at radius 1 is 1.40 bits per heavy atom. The zero-order valence-corrected chi connectivity index (χ0v) is 11.6. The molecule has 3 aromatic rings. The molecule has 1 aliphatic carbocycles. The summed E-state index contributed by atoms with van der Waals surface area (Å²) in [6.45, 7) is 0.852. The first-order valence-electron chi connectivity index (χ1n) is 6.55. The second kappa shape index (κ2) is 4.45. The maximum Gasteiger partial charge on any atom is 0.224 e. The Labute approximate surface area is 119 Å². The van der Waals surface area contributed by atoms with Crippen molar-refractivity contribution >= 4 is 34.1 Å². The molecule has 0 radical (unpaired) electrons. The predicted octanol–water partition coefficient (Wildman–Crippen LogP) is 2.17. The maximum atomic E-state index is 5.82. The molecule has 3 aromatic heterocycles. The molecule has 0 unspecified atom stereocenters. The minimum atomic E-state index is 0.285. The van der Waals surface area contributed by atoms with Gasteiger partial charge in [-0.15, -0.1) is 0 Å². The molecule has 6 nitrogen and oxygen atoms in total. The van der Waals surface area contributed by atoms with Gasteiger partial charge < -0.3 is 10.6 Å². The number of nitrogens with one attached hydrogen (secondary N) is 1. The zero-order valence-electron chi connectivity index (χ0n) is 10.8. The molecule has 0 atom stereocenters. The van der Waals surface area contributed by atoms with Crippen LogP contribution in [0.2, 0.25) is 0 Å². The summed E-state index contributed by atoms with van der Waals surface area (Å²) in [4.78, 5) is 10.9. The van der Waals surface area contributed by atoms with E-state index in [1.807, 2.05) is 0 Å². The quantitative estimate of drug-likeness (QED) is 0.768. The summed E-state index contributed by atoms with van der Waals surface area (Å²) in [5.41, 5.74) is 7.82. The average Bonchev–Trinajstić information content (AvgIpc) is 2.96. The standard InChI is InChI=1S/C13H14N6S/c14-13-16-11-10(5-15-18-11)12(17-13)19(9-1-2-9)6-8-3-4-20-7-8/h3-5,7,9H,1-2,6H2,(H3,14,15,16,17,18). The molecule has 1 aliphatic rings. The van der Waals surface area contributed by atoms with Crippen LogP contribution in [0.4, 0.5) is 11.8 Å². The van der Waals surface area contributed by atoms with Crippen LogP contribution in [0.25, 0.3) is 11.0 Å². The molecule has 0 aliphatic heterocycles. The fourth-order valence-electron chi connectivity index (χ4n) is 2.40. The number of aromatic amines is 1. The second-order valence-electron chi connectivity index (χ2n) is 5.03. The number of H-pyrrole nitrogens is 1. The highest BCUT2D eigenvalue weighted by Gasteiger charge is 2.31. The number of rotatable bonds is 4. The van der Waals surface area contributed by atoms with Crippen LogP contribution in [-0.2, 0) is 6.54 Å². The lowest BCUT2D eigenvalue weighted by Crippen LogP contribution is -2.26. The number of hydrogen-bond donors (Lipinski definition) is 2. The molecule has 4 rings (SSSR count). The fraction of sp³-hybridized carbons (Fsp3) is 0.308. The van der Waals surface area contributed by atoms with Crippen molar-refractivity contribution in [1.29, 1.82) is 0 Å². The number of fused-ring (bicyclic) bond motifs is 1. The molecular weight excluding hydrogens is 272 g/mol. The van der Waals surface area contributed by atoms with Crippen LogP contribution in [0.1, 0.15) is 18.4 Å². The van der Waals surface area contributed by atoms with Gasteiger partial charge in [-0.05, 0) is 35.2 Å². The Bertz CT molecular complexity index is 730. The van der Waals surface area contributed by atoms with Crippen molar-refractivity contribution in [3.63, 3.8) is 0 Å². The lowest BCUT2D eigenvalue weighted by Gasteiger charge is -2.23. The number of anilines is 2. The Hall–Kier alpha value is -2.15. The van der Waals surface area contributed by atoms with E-state index in [4.69, 9.17) is 5.73 Å². The van der Waals surface area contributed by atoms with Crippen molar-refractivity contribution < 1.29 is 0 Å². The van der Waals surface area contributed by atoms with Crippen molar-refractivity contribution in [2.24, 2.45) is 0 Å². The van der Waals surface area contributed by atoms with E-state index in [1.54, 1.807) is 17.5 Å². The molecule has 20 heavy (non-hydrogen) atoms. The third-order valence-electron chi connectivity index (χ3n) is 3.50. The molecule has 3 N–H and O–H groups in total. The van der Waals surface area contributed by atoms with Gasteiger partial charge >= 0.3 is 0 Å². The van der Waals surface area contributed by atoms with Crippen LogP contribution in [0.3, 0.4) is 0 Å². The normalized spacial score (nSPS) is 14.8. The highest BCUT2D eigenvalue weighted by molar-refractivity contribution is 7.07. The van der Waals surface area contributed by atoms with E-state index >= 15 is 0 Å². The first kappa shape index (κ1) is 11.7. The van der Waals surface area contributed by atoms with Gasteiger partial charge in [-0.25, -0.2) is 0 Å². The van der Waals surface area contributed by atoms with Gasteiger partial charge in [0.25, 0.3) is 0 Å². The van der Waals surface area contributed by atoms with E-state index in [2.05, 4.69) is 41.9 Å². The van der Waals surface area contributed by atoms with Crippen LogP contribution in [0, 0.1) is 0 Å². The maximum absolute atomic E-state index is 5.82. The van der Waals surface area contributed by atoms with E-state index in [9.17, 15) is 0 Å². The number of hydrogen-bond acceptors (Lipinski definition) is 6. The zero-order chi connectivity index (χ0) is 13.5. The third-order valence-corrected chi connectivity index (χ3v) is 4.23. The molecule has 0 bridgehead atoms. The Morgan fingerprint density at radius 3 is 3.05 bits per heavy atom. The Kier molecular flexibility index (Phi) is 2.59. The minimum absolute atomic E-state index is 0.285. The Balaban J connectivity index is 1.79. The number of nitrogens with zero attached hydrogens (tertiary/aromatic N) is 4. The molecule has 102 valence electrons. The van der Waals surface area contributed by atoms with Crippen LogP contribution in [-0.4, -0.2) is 26.2 Å². The van der Waals surface area contributed by atoms with Gasteiger partial charge in [-0.2, -0.15) is 26.4 Å². The monoisotopic (exact) mass is 286 g/mol. The molecule has 0 saturated heterocycles. The molecule has 3 heterocycles. The van der Waals surface area contributed by atoms with Crippen molar-refractivity contribution in [2.45, 2.75) is 25.4 Å². The number of aromatic nitrogens is 4. The van der Waals surface area contributed by atoms with Crippen LogP contribution in [0.5, 0.6) is 0 Å². The van der Waals surface area contributed by atoms with Gasteiger partial charge in [-0.1, -0.05) is 0 Å². The van der Waals surface area contributed by atoms with Crippen molar-refractivity contribution in [1.82, 2.24) is 20.2 Å². The van der Waals surface area contributed by atoms with Gasteiger partial charge in [0.15, 0.2) is 5.65 Å². The van der Waals surface area contributed by atoms with Gasteiger partial charge in [0.05, 0.1) is 11.6 Å². The van der Waals surface area contributed by atoms with Crippen LogP contribution >= 0.6 is 11.3 Å². The summed E-state index contributed by atoms with van der Waals surface area (Å²) in [5.74, 6) is 1.17. The molecule has 0 amide bonds. The summed E-state index contributed by atoms with van der Waals surface area (Å²) in [6, 6.07) is 2.69. The topological polar surface area (TPSA) is 83.7 Å². The number of nitrogens with two attached hydrogens (primary N) is 1. The van der Waals surface area contributed by atoms with E-state index in [0.717, 1.165) is 17.7 Å². The molecular formula is C13H14N6S. The fourth-order valence-corrected chi connectivity index (χ4v) is 3.06. The van der Waals surface area contributed by atoms with E-state index in [1.165, 1.54) is 18.4 Å². The van der Waals surface area contributed by atoms with Crippen molar-refractivity contribution in [2.75, 3.05) is 10.6 Å². The average molecular weight is 286 g/mol. The van der Waals surface area contributed by atoms with Gasteiger partial charge in [0.1, 0.15) is 5.82 Å². The van der Waals surface area contributed by atoms with Crippen molar-refractivity contribution in [3.05, 3.63) is 28.6 Å². The smallest absolute Gasteiger partial charge is 0.224 e. The van der Waals surface area contributed by atoms with Crippen LogP contribution < -0.4 is 10.6 Å². The Morgan fingerprint density at radius 2 is 2.30 bits per heavy atom. The first-order valence-corrected chi connectivity index (χ1v) is 7.50. The van der Waals surface area contributed by atoms with Gasteiger partial charge in [-0.3, -0.25) is 5.10 Å². The second-order valence-corrected chi connectivity index (χ2v) is 5.81. The van der Waals surface area contributed by atoms with E-state index in [-0.39, 0.29) is 5.95 Å². The molecule has 0 spiro atoms. The van der Waals surface area contributed by atoms with Gasteiger partial charge in [0, 0.05) is 12.6 Å². The summed E-state index contributed by atoms with van der Waals surface area (Å²) < 4.78 is 0. The number of thiophene rings is 1. The molecule has 0 aromatic carbocycles.